The van der Waals surface area contributed by atoms with Crippen LogP contribution in [0.4, 0.5) is 33.3 Å². The van der Waals surface area contributed by atoms with Gasteiger partial charge in [-0.05, 0) is 31.4 Å². The Balaban J connectivity index is 1.35. The van der Waals surface area contributed by atoms with E-state index < -0.39 is 6.17 Å². The summed E-state index contributed by atoms with van der Waals surface area (Å²) in [6.45, 7) is 9.99. The van der Waals surface area contributed by atoms with Crippen LogP contribution in [0.25, 0.3) is 10.5 Å². The number of rotatable bonds is 5. The quantitative estimate of drug-likeness (QED) is 0.519. The topological polar surface area (TPSA) is 102 Å². The van der Waals surface area contributed by atoms with Crippen LogP contribution in [0.15, 0.2) is 18.3 Å². The van der Waals surface area contributed by atoms with Gasteiger partial charge in [0.1, 0.15) is 6.17 Å². The summed E-state index contributed by atoms with van der Waals surface area (Å²) in [6.07, 6.45) is 3.27. The molecule has 2 N–H and O–H groups in total. The molecule has 35 heavy (non-hydrogen) atoms. The molecular weight excluding hydrogens is 471 g/mol. The zero-order chi connectivity index (χ0) is 24.1. The number of halogens is 2. The van der Waals surface area contributed by atoms with Crippen molar-refractivity contribution in [3.8, 4) is 6.07 Å². The average Bonchev–Trinajstić information content (AvgIpc) is 3.44. The molecule has 2 aromatic heterocycles. The second kappa shape index (κ2) is 8.52. The van der Waals surface area contributed by atoms with E-state index in [-0.39, 0.29) is 17.8 Å². The fourth-order valence-corrected chi connectivity index (χ4v) is 5.11. The molecule has 4 heterocycles. The monoisotopic (exact) mass is 492 g/mol. The van der Waals surface area contributed by atoms with Gasteiger partial charge in [-0.15, -0.1) is 4.52 Å². The summed E-state index contributed by atoms with van der Waals surface area (Å²) in [5.74, 6) is 1.03. The molecule has 6 rings (SSSR count). The van der Waals surface area contributed by atoms with Crippen molar-refractivity contribution in [2.75, 3.05) is 41.7 Å². The molecule has 0 amide bonds. The van der Waals surface area contributed by atoms with Gasteiger partial charge in [-0.2, -0.15) is 10.2 Å². The number of hydrogen-bond donors (Lipinski definition) is 2. The van der Waals surface area contributed by atoms with Crippen molar-refractivity contribution >= 4 is 46.2 Å². The molecule has 2 atom stereocenters. The van der Waals surface area contributed by atoms with Crippen molar-refractivity contribution in [3.63, 3.8) is 0 Å². The summed E-state index contributed by atoms with van der Waals surface area (Å²) in [5.41, 5.74) is 2.12. The largest absolute Gasteiger partial charge is 0.367 e. The average molecular weight is 493 g/mol. The van der Waals surface area contributed by atoms with Crippen LogP contribution in [0.5, 0.6) is 0 Å². The van der Waals surface area contributed by atoms with E-state index >= 15 is 0 Å². The maximum atomic E-state index is 13.9. The molecule has 1 aromatic carbocycles. The highest BCUT2D eigenvalue weighted by molar-refractivity contribution is 6.36. The van der Waals surface area contributed by atoms with Gasteiger partial charge in [0.05, 0.1) is 34.2 Å². The third kappa shape index (κ3) is 4.07. The summed E-state index contributed by atoms with van der Waals surface area (Å²) < 4.78 is 15.4. The van der Waals surface area contributed by atoms with E-state index in [1.807, 2.05) is 0 Å². The van der Waals surface area contributed by atoms with E-state index in [0.717, 1.165) is 25.1 Å². The molecule has 1 aliphatic carbocycles. The zero-order valence-electron chi connectivity index (χ0n) is 18.7. The van der Waals surface area contributed by atoms with Gasteiger partial charge in [-0.3, -0.25) is 4.90 Å². The van der Waals surface area contributed by atoms with Crippen LogP contribution in [0.1, 0.15) is 24.8 Å². The third-order valence-electron chi connectivity index (χ3n) is 6.71. The van der Waals surface area contributed by atoms with Crippen LogP contribution in [0.3, 0.4) is 0 Å². The van der Waals surface area contributed by atoms with Gasteiger partial charge < -0.3 is 20.4 Å². The van der Waals surface area contributed by atoms with Gasteiger partial charge in [0.25, 0.3) is 17.4 Å². The zero-order valence-corrected chi connectivity index (χ0v) is 19.5. The molecule has 2 aliphatic heterocycles. The molecule has 10 nitrogen and oxygen atoms in total. The van der Waals surface area contributed by atoms with E-state index in [0.29, 0.717) is 59.8 Å². The molecular formula is C23H22ClFN10. The van der Waals surface area contributed by atoms with Gasteiger partial charge >= 0.3 is 0 Å². The van der Waals surface area contributed by atoms with Gasteiger partial charge in [-0.1, -0.05) is 23.3 Å². The molecule has 178 valence electrons. The van der Waals surface area contributed by atoms with Crippen LogP contribution in [0, 0.1) is 17.9 Å². The van der Waals surface area contributed by atoms with Crippen molar-refractivity contribution < 1.29 is 4.39 Å². The molecule has 0 spiro atoms. The number of anilines is 4. The lowest BCUT2D eigenvalue weighted by molar-refractivity contribution is 0.224. The Morgan fingerprint density at radius 1 is 1.26 bits per heavy atom. The Labute approximate surface area is 206 Å². The number of aromatic nitrogens is 4. The van der Waals surface area contributed by atoms with Gasteiger partial charge in [0.2, 0.25) is 0 Å². The first-order valence-corrected chi connectivity index (χ1v) is 11.9. The van der Waals surface area contributed by atoms with Gasteiger partial charge in [0, 0.05) is 38.3 Å². The van der Waals surface area contributed by atoms with Crippen LogP contribution in [0.2, 0.25) is 5.02 Å². The van der Waals surface area contributed by atoms with Crippen molar-refractivity contribution in [1.82, 2.24) is 24.5 Å². The smallest absolute Gasteiger partial charge is 0.275 e. The first-order valence-electron chi connectivity index (χ1n) is 11.6. The van der Waals surface area contributed by atoms with Crippen LogP contribution in [-0.4, -0.2) is 68.9 Å². The molecule has 2 saturated heterocycles. The summed E-state index contributed by atoms with van der Waals surface area (Å²) in [6, 6.07) is 6.07. The first kappa shape index (κ1) is 21.8. The molecule has 3 aliphatic rings. The predicted octanol–water partition coefficient (Wildman–Crippen LogP) is 3.75. The molecule has 12 heteroatoms. The van der Waals surface area contributed by atoms with Crippen LogP contribution >= 0.6 is 11.6 Å². The number of nitrogens with one attached hydrogen (secondary N) is 2. The summed E-state index contributed by atoms with van der Waals surface area (Å²) in [4.78, 5) is 16.7. The maximum Gasteiger partial charge on any atom is 0.275 e. The van der Waals surface area contributed by atoms with Gasteiger partial charge in [-0.25, -0.2) is 9.37 Å². The number of nitriles is 1. The van der Waals surface area contributed by atoms with E-state index in [1.165, 1.54) is 10.7 Å². The highest BCUT2D eigenvalue weighted by atomic mass is 35.5. The second-order valence-electron chi connectivity index (χ2n) is 9.19. The van der Waals surface area contributed by atoms with Crippen molar-refractivity contribution in [2.45, 2.75) is 37.5 Å². The normalized spacial score (nSPS) is 22.0. The predicted molar refractivity (Wildman–Crippen MR) is 130 cm³/mol. The molecule has 0 radical (unpaired) electrons. The van der Waals surface area contributed by atoms with Crippen molar-refractivity contribution in [1.29, 1.82) is 5.26 Å². The fraction of sp³-hybridized carbons (Fsp3) is 0.435. The Bertz CT molecular complexity index is 1390. The van der Waals surface area contributed by atoms with Crippen LogP contribution < -0.4 is 15.5 Å². The van der Waals surface area contributed by atoms with Crippen molar-refractivity contribution in [2.24, 2.45) is 0 Å². The summed E-state index contributed by atoms with van der Waals surface area (Å²) >= 11 is 6.84. The maximum absolute atomic E-state index is 13.9. The van der Waals surface area contributed by atoms with E-state index in [2.05, 4.69) is 46.4 Å². The highest BCUT2D eigenvalue weighted by Gasteiger charge is 2.37. The van der Waals surface area contributed by atoms with Gasteiger partial charge in [0.15, 0.2) is 5.82 Å². The number of hydrogen-bond acceptors (Lipinski definition) is 8. The summed E-state index contributed by atoms with van der Waals surface area (Å²) in [7, 11) is 0. The lowest BCUT2D eigenvalue weighted by atomic mass is 10.1. The number of fused-ring (bicyclic) bond motifs is 2. The highest BCUT2D eigenvalue weighted by Crippen LogP contribution is 2.38. The van der Waals surface area contributed by atoms with E-state index in [1.54, 1.807) is 12.1 Å². The number of piperazine rings is 1. The molecule has 0 unspecified atom stereocenters. The lowest BCUT2D eigenvalue weighted by Gasteiger charge is -2.39. The molecule has 3 aromatic rings. The fourth-order valence-electron chi connectivity index (χ4n) is 4.83. The Morgan fingerprint density at radius 2 is 2.11 bits per heavy atom. The minimum atomic E-state index is -0.799. The third-order valence-corrected chi connectivity index (χ3v) is 7.11. The van der Waals surface area contributed by atoms with E-state index in [9.17, 15) is 9.65 Å². The Kier molecular flexibility index (Phi) is 5.32. The number of benzene rings is 1. The minimum absolute atomic E-state index is 0.132. The first-order chi connectivity index (χ1) is 17.0. The minimum Gasteiger partial charge on any atom is -0.367 e. The van der Waals surface area contributed by atoms with Crippen molar-refractivity contribution in [3.05, 3.63) is 40.3 Å². The molecule has 0 bridgehead atoms. The Morgan fingerprint density at radius 3 is 2.89 bits per heavy atom. The molecule has 3 fully saturated rings. The Hall–Kier alpha value is -3.67. The standard InChI is InChI=1S/C23H22ClFN10/c1-27-19-10-28-22-21(29-15-2-3-15)31-23(32-35(19)22)30-17-6-13(9-26)7-18(20(17)24)34-5-4-33-11-14(25)8-16(33)12-34/h6-7,10,14-16H,2-5,8,11-12H2,(H2,29,30,31,32)/t14-,16-/m0/s1. The lowest BCUT2D eigenvalue weighted by Crippen LogP contribution is -2.50. The molecule has 1 saturated carbocycles. The van der Waals surface area contributed by atoms with Crippen LogP contribution in [-0.2, 0) is 0 Å². The second-order valence-corrected chi connectivity index (χ2v) is 9.57. The summed E-state index contributed by atoms with van der Waals surface area (Å²) in [5, 5.41) is 21.1. The SMILES string of the molecule is [C-]#[N+]c1cnc2c(NC3CC3)nc(Nc3cc(C#N)cc(N4CCN5C[C@@H](F)C[C@H]5C4)c3Cl)nn12. The number of alkyl halides is 1. The number of nitrogens with zero attached hydrogens (tertiary/aromatic N) is 8. The number of imidazole rings is 1. The van der Waals surface area contributed by atoms with E-state index in [4.69, 9.17) is 18.2 Å².